The molecule has 0 spiro atoms. The van der Waals surface area contributed by atoms with Gasteiger partial charge in [-0.2, -0.15) is 5.48 Å². The second-order valence-corrected chi connectivity index (χ2v) is 4.78. The van der Waals surface area contributed by atoms with Gasteiger partial charge in [-0.15, -0.1) is 12.4 Å². The van der Waals surface area contributed by atoms with Crippen LogP contribution in [0.4, 0.5) is 4.79 Å². The van der Waals surface area contributed by atoms with E-state index in [1.807, 2.05) is 0 Å². The minimum absolute atomic E-state index is 0. The predicted octanol–water partition coefficient (Wildman–Crippen LogP) is -0.944. The lowest BCUT2D eigenvalue weighted by Crippen LogP contribution is -2.41. The molecule has 0 saturated carbocycles. The van der Waals surface area contributed by atoms with Crippen molar-refractivity contribution in [3.05, 3.63) is 0 Å². The minimum atomic E-state index is -0.709. The van der Waals surface area contributed by atoms with Gasteiger partial charge in [-0.3, -0.25) is 14.4 Å². The molecule has 0 aliphatic heterocycles. The highest BCUT2D eigenvalue weighted by Gasteiger charge is 2.15. The van der Waals surface area contributed by atoms with Gasteiger partial charge in [-0.1, -0.05) is 0 Å². The van der Waals surface area contributed by atoms with Crippen molar-refractivity contribution in [1.29, 1.82) is 0 Å². The summed E-state index contributed by atoms with van der Waals surface area (Å²) in [5, 5.41) is 4.78. The Kier molecular flexibility index (Phi) is 11.5. The third kappa shape index (κ3) is 14.6. The largest absolute Gasteiger partial charge is 0.442 e. The first-order valence-corrected chi connectivity index (χ1v) is 6.09. The highest BCUT2D eigenvalue weighted by Crippen LogP contribution is 2.05. The predicted molar refractivity (Wildman–Crippen MR) is 77.6 cm³/mol. The van der Waals surface area contributed by atoms with Crippen LogP contribution in [0.25, 0.3) is 0 Å². The summed E-state index contributed by atoms with van der Waals surface area (Å²) in [6.07, 6.45) is -0.709. The van der Waals surface area contributed by atoms with E-state index in [1.54, 1.807) is 20.8 Å². The van der Waals surface area contributed by atoms with Crippen molar-refractivity contribution in [2.45, 2.75) is 26.4 Å². The molecule has 0 aromatic carbocycles. The number of hydrogen-bond donors (Lipinski definition) is 4. The highest BCUT2D eigenvalue weighted by atomic mass is 35.5. The van der Waals surface area contributed by atoms with E-state index >= 15 is 0 Å². The van der Waals surface area contributed by atoms with Crippen LogP contribution in [0.1, 0.15) is 20.8 Å². The Hall–Kier alpha value is -1.58. The van der Waals surface area contributed by atoms with Crippen molar-refractivity contribution in [2.24, 2.45) is 5.73 Å². The van der Waals surface area contributed by atoms with Crippen molar-refractivity contribution in [3.63, 3.8) is 0 Å². The first kappa shape index (κ1) is 21.7. The number of carbonyl (C=O) groups is 3. The molecule has 0 aliphatic carbocycles. The number of hydrogen-bond acceptors (Lipinski definition) is 6. The van der Waals surface area contributed by atoms with Gasteiger partial charge < -0.3 is 21.1 Å². The number of carbonyl (C=O) groups excluding carboxylic acids is 3. The van der Waals surface area contributed by atoms with Crippen LogP contribution in [0, 0.1) is 0 Å². The van der Waals surface area contributed by atoms with Crippen molar-refractivity contribution in [2.75, 3.05) is 26.2 Å². The van der Waals surface area contributed by atoms with E-state index in [1.165, 1.54) is 0 Å². The molecule has 0 saturated heterocycles. The second-order valence-electron chi connectivity index (χ2n) is 4.78. The number of amides is 3. The average Bonchev–Trinajstić information content (AvgIpc) is 2.33. The molecule has 0 rings (SSSR count). The van der Waals surface area contributed by atoms with Gasteiger partial charge in [0.25, 0.3) is 0 Å². The quantitative estimate of drug-likeness (QED) is 0.352. The van der Waals surface area contributed by atoms with Gasteiger partial charge in [0.2, 0.25) is 11.8 Å². The molecule has 0 radical (unpaired) electrons. The lowest BCUT2D eigenvalue weighted by Gasteiger charge is -2.19. The standard InChI is InChI=1S/C11H22N4O5.ClH/c1-11(2,3)20-10(18)15-19-5-4-13-9(17)7-14-8(16)6-12;/h4-7,12H2,1-3H3,(H,13,17)(H,14,16)(H,15,18);1H. The van der Waals surface area contributed by atoms with Crippen LogP contribution in [0.15, 0.2) is 0 Å². The lowest BCUT2D eigenvalue weighted by atomic mass is 10.2. The summed E-state index contributed by atoms with van der Waals surface area (Å²) in [5.74, 6) is -0.796. The SMILES string of the molecule is CC(C)(C)OC(=O)NOCCNC(=O)CNC(=O)CN.Cl. The Labute approximate surface area is 129 Å². The molecule has 0 unspecified atom stereocenters. The number of halogens is 1. The molecule has 0 atom stereocenters. The number of nitrogens with two attached hydrogens (primary N) is 1. The fourth-order valence-corrected chi connectivity index (χ4v) is 0.964. The van der Waals surface area contributed by atoms with Gasteiger partial charge in [0.05, 0.1) is 19.7 Å². The van der Waals surface area contributed by atoms with Crippen molar-refractivity contribution >= 4 is 30.3 Å². The number of ether oxygens (including phenoxy) is 1. The van der Waals surface area contributed by atoms with Crippen LogP contribution < -0.4 is 21.8 Å². The number of nitrogens with one attached hydrogen (secondary N) is 3. The zero-order valence-electron chi connectivity index (χ0n) is 12.4. The van der Waals surface area contributed by atoms with Crippen LogP contribution in [-0.4, -0.2) is 49.7 Å². The molecule has 124 valence electrons. The van der Waals surface area contributed by atoms with E-state index in [0.29, 0.717) is 0 Å². The molecule has 0 aromatic heterocycles. The molecule has 0 aromatic rings. The topological polar surface area (TPSA) is 132 Å². The average molecular weight is 327 g/mol. The fourth-order valence-electron chi connectivity index (χ4n) is 0.964. The van der Waals surface area contributed by atoms with Crippen molar-refractivity contribution in [1.82, 2.24) is 16.1 Å². The molecular formula is C11H23ClN4O5. The molecule has 5 N–H and O–H groups in total. The summed E-state index contributed by atoms with van der Waals surface area (Å²) < 4.78 is 4.92. The van der Waals surface area contributed by atoms with Gasteiger partial charge >= 0.3 is 6.09 Å². The van der Waals surface area contributed by atoms with E-state index < -0.39 is 17.6 Å². The summed E-state index contributed by atoms with van der Waals surface area (Å²) in [6.45, 7) is 5.09. The van der Waals surface area contributed by atoms with E-state index in [4.69, 9.17) is 15.3 Å². The first-order valence-electron chi connectivity index (χ1n) is 6.09. The smallest absolute Gasteiger partial charge is 0.431 e. The highest BCUT2D eigenvalue weighted by molar-refractivity contribution is 5.85. The Bertz CT molecular complexity index is 346. The van der Waals surface area contributed by atoms with Gasteiger partial charge in [0.15, 0.2) is 0 Å². The minimum Gasteiger partial charge on any atom is -0.442 e. The van der Waals surface area contributed by atoms with Gasteiger partial charge in [-0.05, 0) is 20.8 Å². The number of rotatable bonds is 7. The maximum atomic E-state index is 11.2. The van der Waals surface area contributed by atoms with Crippen LogP contribution in [-0.2, 0) is 19.2 Å². The molecule has 0 bridgehead atoms. The first-order chi connectivity index (χ1) is 9.24. The zero-order valence-corrected chi connectivity index (χ0v) is 13.2. The molecule has 9 nitrogen and oxygen atoms in total. The molecule has 0 aliphatic rings. The summed E-state index contributed by atoms with van der Waals surface area (Å²) in [6, 6.07) is 0. The maximum Gasteiger partial charge on any atom is 0.431 e. The van der Waals surface area contributed by atoms with Gasteiger partial charge in [0, 0.05) is 6.54 Å². The van der Waals surface area contributed by atoms with Crippen LogP contribution in [0.2, 0.25) is 0 Å². The molecule has 0 heterocycles. The summed E-state index contributed by atoms with van der Waals surface area (Å²) in [4.78, 5) is 37.9. The summed E-state index contributed by atoms with van der Waals surface area (Å²) in [7, 11) is 0. The van der Waals surface area contributed by atoms with Crippen molar-refractivity contribution < 1.29 is 24.0 Å². The third-order valence-corrected chi connectivity index (χ3v) is 1.71. The molecule has 10 heteroatoms. The lowest BCUT2D eigenvalue weighted by molar-refractivity contribution is -0.125. The molecular weight excluding hydrogens is 304 g/mol. The zero-order chi connectivity index (χ0) is 15.6. The van der Waals surface area contributed by atoms with E-state index in [2.05, 4.69) is 16.1 Å². The van der Waals surface area contributed by atoms with Crippen LogP contribution >= 0.6 is 12.4 Å². The normalized spacial score (nSPS) is 10.1. The Morgan fingerprint density at radius 3 is 2.24 bits per heavy atom. The fraction of sp³-hybridized carbons (Fsp3) is 0.727. The summed E-state index contributed by atoms with van der Waals surface area (Å²) >= 11 is 0. The molecule has 21 heavy (non-hydrogen) atoms. The van der Waals surface area contributed by atoms with E-state index in [9.17, 15) is 14.4 Å². The van der Waals surface area contributed by atoms with Crippen LogP contribution in [0.5, 0.6) is 0 Å². The second kappa shape index (κ2) is 11.1. The Morgan fingerprint density at radius 1 is 1.10 bits per heavy atom. The third-order valence-electron chi connectivity index (χ3n) is 1.71. The monoisotopic (exact) mass is 326 g/mol. The number of hydroxylamine groups is 1. The van der Waals surface area contributed by atoms with Gasteiger partial charge in [0.1, 0.15) is 5.60 Å². The molecule has 3 amide bonds. The maximum absolute atomic E-state index is 11.2. The van der Waals surface area contributed by atoms with Crippen molar-refractivity contribution in [3.8, 4) is 0 Å². The van der Waals surface area contributed by atoms with Crippen LogP contribution in [0.3, 0.4) is 0 Å². The Morgan fingerprint density at radius 2 is 1.71 bits per heavy atom. The summed E-state index contributed by atoms with van der Waals surface area (Å²) in [5.41, 5.74) is 6.52. The van der Waals surface area contributed by atoms with E-state index in [0.717, 1.165) is 0 Å². The molecule has 0 fully saturated rings. The Balaban J connectivity index is 0. The van der Waals surface area contributed by atoms with E-state index in [-0.39, 0.29) is 44.6 Å². The van der Waals surface area contributed by atoms with Gasteiger partial charge in [-0.25, -0.2) is 4.79 Å².